The molecule has 0 aliphatic heterocycles. The van der Waals surface area contributed by atoms with Crippen LogP contribution in [0.25, 0.3) is 11.4 Å². The van der Waals surface area contributed by atoms with E-state index in [0.717, 1.165) is 23.4 Å². The number of aryl methyl sites for hydroxylation is 2. The van der Waals surface area contributed by atoms with Crippen LogP contribution < -0.4 is 0 Å². The lowest BCUT2D eigenvalue weighted by Crippen LogP contribution is -1.98. The molecule has 0 bridgehead atoms. The van der Waals surface area contributed by atoms with Crippen LogP contribution in [0.2, 0.25) is 5.02 Å². The minimum absolute atomic E-state index is 0.636. The third kappa shape index (κ3) is 2.04. The molecule has 0 spiro atoms. The van der Waals surface area contributed by atoms with Gasteiger partial charge in [0.15, 0.2) is 5.82 Å². The summed E-state index contributed by atoms with van der Waals surface area (Å²) in [6, 6.07) is 3.62. The molecule has 0 saturated carbocycles. The van der Waals surface area contributed by atoms with Gasteiger partial charge in [0, 0.05) is 18.1 Å². The van der Waals surface area contributed by atoms with E-state index in [4.69, 9.17) is 11.6 Å². The van der Waals surface area contributed by atoms with E-state index in [-0.39, 0.29) is 0 Å². The van der Waals surface area contributed by atoms with E-state index < -0.39 is 0 Å². The van der Waals surface area contributed by atoms with Gasteiger partial charge in [0.05, 0.1) is 16.3 Å². The Hall–Kier alpha value is -1.48. The molecule has 4 heteroatoms. The molecule has 16 heavy (non-hydrogen) atoms. The van der Waals surface area contributed by atoms with Crippen molar-refractivity contribution in [2.24, 2.45) is 0 Å². The van der Waals surface area contributed by atoms with Crippen LogP contribution in [0.1, 0.15) is 18.3 Å². The van der Waals surface area contributed by atoms with Crippen molar-refractivity contribution in [2.75, 3.05) is 0 Å². The molecule has 2 heterocycles. The third-order valence-electron chi connectivity index (χ3n) is 2.30. The first-order valence-corrected chi connectivity index (χ1v) is 5.53. The third-order valence-corrected chi connectivity index (χ3v) is 2.60. The van der Waals surface area contributed by atoms with Gasteiger partial charge >= 0.3 is 0 Å². The summed E-state index contributed by atoms with van der Waals surface area (Å²) < 4.78 is 0. The van der Waals surface area contributed by atoms with Crippen LogP contribution in [-0.4, -0.2) is 15.0 Å². The van der Waals surface area contributed by atoms with E-state index in [2.05, 4.69) is 15.0 Å². The molecule has 82 valence electrons. The SMILES string of the molecule is CCc1nc(C)cc(Cl)c1-c1ncccn1. The zero-order valence-corrected chi connectivity index (χ0v) is 9.99. The van der Waals surface area contributed by atoms with Gasteiger partial charge in [0.2, 0.25) is 0 Å². The number of nitrogens with zero attached hydrogens (tertiary/aromatic N) is 3. The highest BCUT2D eigenvalue weighted by atomic mass is 35.5. The molecule has 3 nitrogen and oxygen atoms in total. The van der Waals surface area contributed by atoms with Crippen molar-refractivity contribution in [3.63, 3.8) is 0 Å². The number of pyridine rings is 1. The molecule has 0 N–H and O–H groups in total. The Morgan fingerprint density at radius 3 is 2.56 bits per heavy atom. The van der Waals surface area contributed by atoms with E-state index >= 15 is 0 Å². The molecule has 0 fully saturated rings. The summed E-state index contributed by atoms with van der Waals surface area (Å²) in [5.41, 5.74) is 2.70. The Balaban J connectivity index is 2.64. The number of rotatable bonds is 2. The predicted octanol–water partition coefficient (Wildman–Crippen LogP) is 3.06. The molecule has 0 atom stereocenters. The average molecular weight is 234 g/mol. The number of aromatic nitrogens is 3. The van der Waals surface area contributed by atoms with Gasteiger partial charge < -0.3 is 0 Å². The summed E-state index contributed by atoms with van der Waals surface area (Å²) in [4.78, 5) is 12.9. The van der Waals surface area contributed by atoms with E-state index in [0.29, 0.717) is 10.8 Å². The van der Waals surface area contributed by atoms with Gasteiger partial charge in [-0.25, -0.2) is 9.97 Å². The smallest absolute Gasteiger partial charge is 0.162 e. The summed E-state index contributed by atoms with van der Waals surface area (Å²) >= 11 is 6.23. The van der Waals surface area contributed by atoms with Crippen molar-refractivity contribution in [1.82, 2.24) is 15.0 Å². The summed E-state index contributed by atoms with van der Waals surface area (Å²) in [6.45, 7) is 3.98. The monoisotopic (exact) mass is 233 g/mol. The fraction of sp³-hybridized carbons (Fsp3) is 0.250. The predicted molar refractivity (Wildman–Crippen MR) is 64.4 cm³/mol. The highest BCUT2D eigenvalue weighted by Gasteiger charge is 2.12. The molecule has 2 aromatic heterocycles. The fourth-order valence-electron chi connectivity index (χ4n) is 1.61. The van der Waals surface area contributed by atoms with Gasteiger partial charge in [-0.1, -0.05) is 18.5 Å². The van der Waals surface area contributed by atoms with Gasteiger partial charge in [-0.15, -0.1) is 0 Å². The van der Waals surface area contributed by atoms with Crippen LogP contribution in [0.15, 0.2) is 24.5 Å². The van der Waals surface area contributed by atoms with Gasteiger partial charge in [-0.2, -0.15) is 0 Å². The van der Waals surface area contributed by atoms with Crippen LogP contribution in [0.3, 0.4) is 0 Å². The Labute approximate surface area is 99.5 Å². The van der Waals surface area contributed by atoms with Gasteiger partial charge in [-0.05, 0) is 25.5 Å². The molecule has 0 radical (unpaired) electrons. The second-order valence-electron chi connectivity index (χ2n) is 3.49. The van der Waals surface area contributed by atoms with Gasteiger partial charge in [0.25, 0.3) is 0 Å². The van der Waals surface area contributed by atoms with Crippen LogP contribution in [0, 0.1) is 6.92 Å². The van der Waals surface area contributed by atoms with Crippen molar-refractivity contribution in [1.29, 1.82) is 0 Å². The maximum atomic E-state index is 6.23. The number of hydrogen-bond donors (Lipinski definition) is 0. The Morgan fingerprint density at radius 1 is 1.25 bits per heavy atom. The normalized spacial score (nSPS) is 10.4. The van der Waals surface area contributed by atoms with Crippen LogP contribution in [0.5, 0.6) is 0 Å². The highest BCUT2D eigenvalue weighted by Crippen LogP contribution is 2.28. The fourth-order valence-corrected chi connectivity index (χ4v) is 1.97. The Kier molecular flexibility index (Phi) is 3.15. The Bertz CT molecular complexity index is 497. The molecule has 0 aliphatic rings. The first-order chi connectivity index (χ1) is 7.72. The van der Waals surface area contributed by atoms with Crippen molar-refractivity contribution >= 4 is 11.6 Å². The summed E-state index contributed by atoms with van der Waals surface area (Å²) in [5.74, 6) is 0.636. The van der Waals surface area contributed by atoms with Gasteiger partial charge in [-0.3, -0.25) is 4.98 Å². The lowest BCUT2D eigenvalue weighted by molar-refractivity contribution is 0.998. The lowest BCUT2D eigenvalue weighted by Gasteiger charge is -2.08. The highest BCUT2D eigenvalue weighted by molar-refractivity contribution is 6.33. The Morgan fingerprint density at radius 2 is 1.94 bits per heavy atom. The molecule has 0 unspecified atom stereocenters. The first-order valence-electron chi connectivity index (χ1n) is 5.15. The van der Waals surface area contributed by atoms with Crippen molar-refractivity contribution in [2.45, 2.75) is 20.3 Å². The molecule has 0 saturated heterocycles. The molecule has 2 aromatic rings. The zero-order chi connectivity index (χ0) is 11.5. The largest absolute Gasteiger partial charge is 0.257 e. The second-order valence-corrected chi connectivity index (χ2v) is 3.90. The minimum atomic E-state index is 0.636. The standard InChI is InChI=1S/C12H12ClN3/c1-3-10-11(9(13)7-8(2)16-10)12-14-5-4-6-15-12/h4-7H,3H2,1-2H3. The molecule has 0 aliphatic carbocycles. The number of hydrogen-bond acceptors (Lipinski definition) is 3. The van der Waals surface area contributed by atoms with E-state index in [9.17, 15) is 0 Å². The maximum Gasteiger partial charge on any atom is 0.162 e. The quantitative estimate of drug-likeness (QED) is 0.800. The average Bonchev–Trinajstić information content (AvgIpc) is 2.29. The second kappa shape index (κ2) is 4.58. The summed E-state index contributed by atoms with van der Waals surface area (Å²) in [6.07, 6.45) is 4.23. The molecule has 2 rings (SSSR count). The molecule has 0 aromatic carbocycles. The number of halogens is 1. The van der Waals surface area contributed by atoms with Crippen LogP contribution in [-0.2, 0) is 6.42 Å². The van der Waals surface area contributed by atoms with E-state index in [1.807, 2.05) is 19.9 Å². The summed E-state index contributed by atoms with van der Waals surface area (Å²) in [7, 11) is 0. The molecule has 0 amide bonds. The van der Waals surface area contributed by atoms with Gasteiger partial charge in [0.1, 0.15) is 0 Å². The summed E-state index contributed by atoms with van der Waals surface area (Å²) in [5, 5.41) is 0.663. The van der Waals surface area contributed by atoms with E-state index in [1.54, 1.807) is 18.5 Å². The molecular formula is C12H12ClN3. The first kappa shape index (κ1) is 11.0. The van der Waals surface area contributed by atoms with Crippen molar-refractivity contribution in [3.8, 4) is 11.4 Å². The van der Waals surface area contributed by atoms with Crippen molar-refractivity contribution < 1.29 is 0 Å². The lowest BCUT2D eigenvalue weighted by atomic mass is 10.1. The van der Waals surface area contributed by atoms with Crippen LogP contribution >= 0.6 is 11.6 Å². The minimum Gasteiger partial charge on any atom is -0.257 e. The topological polar surface area (TPSA) is 38.7 Å². The zero-order valence-electron chi connectivity index (χ0n) is 9.24. The van der Waals surface area contributed by atoms with Crippen molar-refractivity contribution in [3.05, 3.63) is 40.9 Å². The van der Waals surface area contributed by atoms with E-state index in [1.165, 1.54) is 0 Å². The van der Waals surface area contributed by atoms with Crippen LogP contribution in [0.4, 0.5) is 0 Å². The maximum absolute atomic E-state index is 6.23. The molecular weight excluding hydrogens is 222 g/mol.